The summed E-state index contributed by atoms with van der Waals surface area (Å²) in [5.74, 6) is -1.19. The fraction of sp³-hybridized carbons (Fsp3) is 0.136. The molecule has 2 aromatic carbocycles. The van der Waals surface area contributed by atoms with E-state index in [0.29, 0.717) is 13.1 Å². The number of nitrogens with zero attached hydrogens (tertiary/aromatic N) is 2. The normalized spacial score (nSPS) is 16.0. The molecule has 2 heterocycles. The molecule has 0 unspecified atom stereocenters. The number of likely N-dealkylation sites (N-methyl/N-ethyl adjacent to an activating group) is 1. The summed E-state index contributed by atoms with van der Waals surface area (Å²) in [7, 11) is 0. The monoisotopic (exact) mass is 407 g/mol. The molecule has 1 saturated heterocycles. The van der Waals surface area contributed by atoms with E-state index in [-0.39, 0.29) is 16.5 Å². The van der Waals surface area contributed by atoms with Crippen molar-refractivity contribution in [1.29, 1.82) is 0 Å². The number of thiocarbonyl (C=S) groups is 1. The topological polar surface area (TPSA) is 54.3 Å². The van der Waals surface area contributed by atoms with Gasteiger partial charge in [0.25, 0.3) is 11.8 Å². The van der Waals surface area contributed by atoms with E-state index in [1.165, 1.54) is 17.0 Å². The number of hydrogen-bond acceptors (Lipinski definition) is 3. The Hall–Kier alpha value is -3.32. The highest BCUT2D eigenvalue weighted by Gasteiger charge is 2.32. The molecule has 1 aromatic heterocycles. The molecule has 2 amide bonds. The van der Waals surface area contributed by atoms with Gasteiger partial charge in [-0.3, -0.25) is 19.8 Å². The van der Waals surface area contributed by atoms with E-state index in [2.05, 4.69) is 5.32 Å². The number of para-hydroxylation sites is 1. The predicted octanol–water partition coefficient (Wildman–Crippen LogP) is 3.48. The van der Waals surface area contributed by atoms with Gasteiger partial charge in [-0.05, 0) is 49.0 Å². The van der Waals surface area contributed by atoms with Crippen LogP contribution in [0.5, 0.6) is 0 Å². The van der Waals surface area contributed by atoms with E-state index in [0.717, 1.165) is 22.0 Å². The van der Waals surface area contributed by atoms with Crippen molar-refractivity contribution in [2.75, 3.05) is 6.54 Å². The SMILES string of the molecule is CCN1C(=O)/C(=C/c2cn(Cc3ccc(F)cc3)c3ccccc23)C(=O)NC1=S. The average Bonchev–Trinajstić information content (AvgIpc) is 3.05. The Bertz CT molecular complexity index is 1160. The van der Waals surface area contributed by atoms with Crippen molar-refractivity contribution in [2.24, 2.45) is 0 Å². The van der Waals surface area contributed by atoms with Crippen LogP contribution < -0.4 is 5.32 Å². The molecule has 0 spiro atoms. The van der Waals surface area contributed by atoms with E-state index in [1.54, 1.807) is 25.1 Å². The van der Waals surface area contributed by atoms with Gasteiger partial charge in [-0.15, -0.1) is 0 Å². The lowest BCUT2D eigenvalue weighted by molar-refractivity contribution is -0.128. The van der Waals surface area contributed by atoms with E-state index >= 15 is 0 Å². The van der Waals surface area contributed by atoms with Gasteiger partial charge in [0, 0.05) is 35.8 Å². The number of fused-ring (bicyclic) bond motifs is 1. The van der Waals surface area contributed by atoms with Crippen LogP contribution in [0.1, 0.15) is 18.1 Å². The Morgan fingerprint density at radius 3 is 2.55 bits per heavy atom. The highest BCUT2D eigenvalue weighted by atomic mass is 32.1. The average molecular weight is 407 g/mol. The van der Waals surface area contributed by atoms with Crippen molar-refractivity contribution in [2.45, 2.75) is 13.5 Å². The molecule has 3 aromatic rings. The van der Waals surface area contributed by atoms with Gasteiger partial charge in [0.2, 0.25) is 0 Å². The number of hydrogen-bond donors (Lipinski definition) is 1. The van der Waals surface area contributed by atoms with Crippen LogP contribution in [0, 0.1) is 5.82 Å². The summed E-state index contributed by atoms with van der Waals surface area (Å²) >= 11 is 5.08. The first-order valence-corrected chi connectivity index (χ1v) is 9.60. The zero-order valence-electron chi connectivity index (χ0n) is 15.7. The third-order valence-electron chi connectivity index (χ3n) is 4.89. The number of carbonyl (C=O) groups excluding carboxylic acids is 2. The number of aromatic nitrogens is 1. The Kier molecular flexibility index (Phi) is 4.98. The minimum Gasteiger partial charge on any atom is -0.342 e. The van der Waals surface area contributed by atoms with Crippen molar-refractivity contribution in [3.8, 4) is 0 Å². The van der Waals surface area contributed by atoms with Crippen molar-refractivity contribution in [3.05, 3.63) is 77.2 Å². The third kappa shape index (κ3) is 3.56. The second-order valence-electron chi connectivity index (χ2n) is 6.72. The van der Waals surface area contributed by atoms with Gasteiger partial charge in [0.15, 0.2) is 5.11 Å². The molecule has 1 fully saturated rings. The Balaban J connectivity index is 1.77. The summed E-state index contributed by atoms with van der Waals surface area (Å²) < 4.78 is 15.2. The summed E-state index contributed by atoms with van der Waals surface area (Å²) in [5, 5.41) is 3.61. The van der Waals surface area contributed by atoms with Crippen LogP contribution in [-0.2, 0) is 16.1 Å². The van der Waals surface area contributed by atoms with Gasteiger partial charge in [0.05, 0.1) is 0 Å². The van der Waals surface area contributed by atoms with Gasteiger partial charge < -0.3 is 4.57 Å². The molecule has 7 heteroatoms. The molecule has 0 bridgehead atoms. The summed E-state index contributed by atoms with van der Waals surface area (Å²) in [6.07, 6.45) is 3.50. The Labute approximate surface area is 172 Å². The molecule has 0 aliphatic carbocycles. The molecule has 1 aliphatic heterocycles. The number of amides is 2. The zero-order valence-corrected chi connectivity index (χ0v) is 16.5. The first-order valence-electron chi connectivity index (χ1n) is 9.19. The van der Waals surface area contributed by atoms with Gasteiger partial charge in [-0.1, -0.05) is 30.3 Å². The quantitative estimate of drug-likeness (QED) is 0.409. The van der Waals surface area contributed by atoms with E-state index in [9.17, 15) is 14.0 Å². The second kappa shape index (κ2) is 7.60. The van der Waals surface area contributed by atoms with Crippen molar-refractivity contribution < 1.29 is 14.0 Å². The minimum atomic E-state index is -0.500. The molecule has 1 N–H and O–H groups in total. The van der Waals surface area contributed by atoms with Gasteiger partial charge in [0.1, 0.15) is 11.4 Å². The molecule has 0 saturated carbocycles. The fourth-order valence-electron chi connectivity index (χ4n) is 3.44. The first kappa shape index (κ1) is 19.0. The maximum atomic E-state index is 13.2. The zero-order chi connectivity index (χ0) is 20.5. The third-order valence-corrected chi connectivity index (χ3v) is 5.21. The number of benzene rings is 2. The number of halogens is 1. The molecule has 4 rings (SSSR count). The van der Waals surface area contributed by atoms with Crippen LogP contribution >= 0.6 is 12.2 Å². The van der Waals surface area contributed by atoms with Crippen LogP contribution in [0.2, 0.25) is 0 Å². The second-order valence-corrected chi connectivity index (χ2v) is 7.11. The maximum Gasteiger partial charge on any atom is 0.265 e. The van der Waals surface area contributed by atoms with E-state index < -0.39 is 11.8 Å². The highest BCUT2D eigenvalue weighted by Crippen LogP contribution is 2.26. The lowest BCUT2D eigenvalue weighted by Gasteiger charge is -2.27. The largest absolute Gasteiger partial charge is 0.342 e. The molecule has 0 atom stereocenters. The predicted molar refractivity (Wildman–Crippen MR) is 114 cm³/mol. The van der Waals surface area contributed by atoms with Gasteiger partial charge in [-0.25, -0.2) is 4.39 Å². The molecular weight excluding hydrogens is 389 g/mol. The number of carbonyl (C=O) groups is 2. The van der Waals surface area contributed by atoms with Crippen molar-refractivity contribution in [3.63, 3.8) is 0 Å². The van der Waals surface area contributed by atoms with Gasteiger partial charge in [-0.2, -0.15) is 0 Å². The summed E-state index contributed by atoms with van der Waals surface area (Å²) in [6.45, 7) is 2.71. The summed E-state index contributed by atoms with van der Waals surface area (Å²) in [5.41, 5.74) is 2.70. The van der Waals surface area contributed by atoms with Crippen LogP contribution in [0.25, 0.3) is 17.0 Å². The van der Waals surface area contributed by atoms with Crippen molar-refractivity contribution >= 4 is 46.1 Å². The van der Waals surface area contributed by atoms with Crippen LogP contribution in [-0.4, -0.2) is 32.9 Å². The molecular formula is C22H18FN3O2S. The van der Waals surface area contributed by atoms with Crippen LogP contribution in [0.3, 0.4) is 0 Å². The van der Waals surface area contributed by atoms with E-state index in [1.807, 2.05) is 35.0 Å². The molecule has 0 radical (unpaired) electrons. The fourth-order valence-corrected chi connectivity index (χ4v) is 3.75. The smallest absolute Gasteiger partial charge is 0.265 e. The Morgan fingerprint density at radius 1 is 1.10 bits per heavy atom. The molecule has 29 heavy (non-hydrogen) atoms. The lowest BCUT2D eigenvalue weighted by atomic mass is 10.1. The van der Waals surface area contributed by atoms with Crippen LogP contribution in [0.15, 0.2) is 60.3 Å². The van der Waals surface area contributed by atoms with Crippen molar-refractivity contribution in [1.82, 2.24) is 14.8 Å². The van der Waals surface area contributed by atoms with Gasteiger partial charge >= 0.3 is 0 Å². The van der Waals surface area contributed by atoms with E-state index in [4.69, 9.17) is 12.2 Å². The number of rotatable bonds is 4. The molecule has 1 aliphatic rings. The highest BCUT2D eigenvalue weighted by molar-refractivity contribution is 7.80. The lowest BCUT2D eigenvalue weighted by Crippen LogP contribution is -2.53. The standard InChI is InChI=1S/C22H18FN3O2S/c1-2-26-21(28)18(20(27)24-22(26)29)11-15-13-25(19-6-4-3-5-17(15)19)12-14-7-9-16(23)10-8-14/h3-11,13H,2,12H2,1H3,(H,24,27,29)/b18-11+. The summed E-state index contributed by atoms with van der Waals surface area (Å²) in [4.78, 5) is 26.5. The minimum absolute atomic E-state index is 0.0464. The molecule has 5 nitrogen and oxygen atoms in total. The Morgan fingerprint density at radius 2 is 1.83 bits per heavy atom. The summed E-state index contributed by atoms with van der Waals surface area (Å²) in [6, 6.07) is 14.1. The van der Waals surface area contributed by atoms with Crippen LogP contribution in [0.4, 0.5) is 4.39 Å². The maximum absolute atomic E-state index is 13.2. The molecule has 146 valence electrons. The number of nitrogens with one attached hydrogen (secondary N) is 1. The first-order chi connectivity index (χ1) is 14.0.